The van der Waals surface area contributed by atoms with Crippen molar-refractivity contribution in [3.05, 3.63) is 27.7 Å². The summed E-state index contributed by atoms with van der Waals surface area (Å²) in [7, 11) is 1.49. The lowest BCUT2D eigenvalue weighted by Crippen LogP contribution is -2.07. The SMILES string of the molecule is CCOC(=O)c1cc(OC)cc(Br)c1C#N. The van der Waals surface area contributed by atoms with E-state index in [1.54, 1.807) is 13.0 Å². The number of carbonyl (C=O) groups is 1. The molecule has 0 amide bonds. The lowest BCUT2D eigenvalue weighted by atomic mass is 10.1. The number of ether oxygens (including phenoxy) is 2. The van der Waals surface area contributed by atoms with Crippen molar-refractivity contribution in [3.63, 3.8) is 0 Å². The van der Waals surface area contributed by atoms with Gasteiger partial charge >= 0.3 is 5.97 Å². The van der Waals surface area contributed by atoms with Gasteiger partial charge in [0.05, 0.1) is 24.8 Å². The highest BCUT2D eigenvalue weighted by molar-refractivity contribution is 9.10. The Morgan fingerprint density at radius 3 is 2.75 bits per heavy atom. The van der Waals surface area contributed by atoms with Gasteiger partial charge in [0.25, 0.3) is 0 Å². The molecule has 0 aliphatic rings. The van der Waals surface area contributed by atoms with Crippen LogP contribution in [0.15, 0.2) is 16.6 Å². The summed E-state index contributed by atoms with van der Waals surface area (Å²) in [5, 5.41) is 8.95. The quantitative estimate of drug-likeness (QED) is 0.800. The summed E-state index contributed by atoms with van der Waals surface area (Å²) in [5.41, 5.74) is 0.454. The first kappa shape index (κ1) is 12.5. The van der Waals surface area contributed by atoms with Gasteiger partial charge in [-0.05, 0) is 35.0 Å². The number of nitriles is 1. The number of benzene rings is 1. The van der Waals surface area contributed by atoms with Gasteiger partial charge in [0.2, 0.25) is 0 Å². The van der Waals surface area contributed by atoms with E-state index >= 15 is 0 Å². The van der Waals surface area contributed by atoms with Crippen LogP contribution in [0, 0.1) is 11.3 Å². The number of esters is 1. The van der Waals surface area contributed by atoms with Crippen LogP contribution in [-0.4, -0.2) is 19.7 Å². The lowest BCUT2D eigenvalue weighted by molar-refractivity contribution is 0.0525. The summed E-state index contributed by atoms with van der Waals surface area (Å²) < 4.78 is 10.4. The molecule has 0 fully saturated rings. The van der Waals surface area contributed by atoms with Gasteiger partial charge in [-0.25, -0.2) is 4.79 Å². The first-order chi connectivity index (χ1) is 7.63. The molecule has 0 saturated heterocycles. The number of methoxy groups -OCH3 is 1. The molecule has 0 N–H and O–H groups in total. The van der Waals surface area contributed by atoms with Crippen LogP contribution in [0.3, 0.4) is 0 Å². The zero-order valence-corrected chi connectivity index (χ0v) is 10.5. The second-order valence-corrected chi connectivity index (χ2v) is 3.72. The van der Waals surface area contributed by atoms with E-state index in [2.05, 4.69) is 15.9 Å². The molecule has 1 rings (SSSR count). The van der Waals surface area contributed by atoms with E-state index in [1.807, 2.05) is 6.07 Å². The average Bonchev–Trinajstić information content (AvgIpc) is 2.28. The molecule has 0 aromatic heterocycles. The predicted molar refractivity (Wildman–Crippen MR) is 61.4 cm³/mol. The molecule has 0 saturated carbocycles. The predicted octanol–water partition coefficient (Wildman–Crippen LogP) is 2.51. The number of hydrogen-bond acceptors (Lipinski definition) is 4. The highest BCUT2D eigenvalue weighted by Gasteiger charge is 2.17. The minimum atomic E-state index is -0.529. The maximum Gasteiger partial charge on any atom is 0.339 e. The number of carbonyl (C=O) groups excluding carboxylic acids is 1. The number of nitrogens with zero attached hydrogens (tertiary/aromatic N) is 1. The van der Waals surface area contributed by atoms with Crippen molar-refractivity contribution in [2.45, 2.75) is 6.92 Å². The molecular formula is C11H10BrNO3. The third kappa shape index (κ3) is 2.52. The number of halogens is 1. The summed E-state index contributed by atoms with van der Waals surface area (Å²) in [5.74, 6) is -0.0346. The van der Waals surface area contributed by atoms with Crippen molar-refractivity contribution in [1.82, 2.24) is 0 Å². The van der Waals surface area contributed by atoms with E-state index < -0.39 is 5.97 Å². The Hall–Kier alpha value is -1.54. The van der Waals surface area contributed by atoms with Gasteiger partial charge in [0.15, 0.2) is 0 Å². The second-order valence-electron chi connectivity index (χ2n) is 2.86. The Kier molecular flexibility index (Phi) is 4.32. The molecule has 0 spiro atoms. The standard InChI is InChI=1S/C11H10BrNO3/c1-3-16-11(14)8-4-7(15-2)5-10(12)9(8)6-13/h4-5H,3H2,1-2H3. The van der Waals surface area contributed by atoms with Crippen LogP contribution < -0.4 is 4.74 Å². The fourth-order valence-electron chi connectivity index (χ4n) is 1.18. The van der Waals surface area contributed by atoms with Crippen molar-refractivity contribution in [3.8, 4) is 11.8 Å². The Bertz CT molecular complexity index is 451. The molecule has 1 aromatic carbocycles. The summed E-state index contributed by atoms with van der Waals surface area (Å²) in [4.78, 5) is 11.6. The molecule has 84 valence electrons. The molecule has 4 nitrogen and oxygen atoms in total. The maximum absolute atomic E-state index is 11.6. The molecule has 0 unspecified atom stereocenters. The fourth-order valence-corrected chi connectivity index (χ4v) is 1.71. The molecule has 5 heteroatoms. The van der Waals surface area contributed by atoms with Gasteiger partial charge in [0.1, 0.15) is 11.8 Å². The van der Waals surface area contributed by atoms with Gasteiger partial charge in [-0.1, -0.05) is 0 Å². The van der Waals surface area contributed by atoms with E-state index in [0.29, 0.717) is 10.2 Å². The van der Waals surface area contributed by atoms with Crippen molar-refractivity contribution in [1.29, 1.82) is 5.26 Å². The molecule has 16 heavy (non-hydrogen) atoms. The largest absolute Gasteiger partial charge is 0.497 e. The normalized spacial score (nSPS) is 9.38. The Morgan fingerprint density at radius 1 is 1.56 bits per heavy atom. The van der Waals surface area contributed by atoms with Crippen LogP contribution in [0.4, 0.5) is 0 Å². The van der Waals surface area contributed by atoms with Gasteiger partial charge in [-0.2, -0.15) is 5.26 Å². The highest BCUT2D eigenvalue weighted by Crippen LogP contribution is 2.27. The molecular weight excluding hydrogens is 274 g/mol. The smallest absolute Gasteiger partial charge is 0.339 e. The van der Waals surface area contributed by atoms with Crippen molar-refractivity contribution < 1.29 is 14.3 Å². The third-order valence-corrected chi connectivity index (χ3v) is 2.53. The molecule has 0 bridgehead atoms. The highest BCUT2D eigenvalue weighted by atomic mass is 79.9. The van der Waals surface area contributed by atoms with Crippen LogP contribution in [-0.2, 0) is 4.74 Å². The maximum atomic E-state index is 11.6. The van der Waals surface area contributed by atoms with Crippen LogP contribution in [0.25, 0.3) is 0 Å². The molecule has 0 aliphatic carbocycles. The second kappa shape index (κ2) is 5.52. The Morgan fingerprint density at radius 2 is 2.25 bits per heavy atom. The van der Waals surface area contributed by atoms with Gasteiger partial charge in [-0.3, -0.25) is 0 Å². The topological polar surface area (TPSA) is 59.3 Å². The molecule has 0 atom stereocenters. The minimum Gasteiger partial charge on any atom is -0.497 e. The molecule has 1 aromatic rings. The van der Waals surface area contributed by atoms with Gasteiger partial charge < -0.3 is 9.47 Å². The monoisotopic (exact) mass is 283 g/mol. The number of rotatable bonds is 3. The van der Waals surface area contributed by atoms with E-state index in [-0.39, 0.29) is 17.7 Å². The minimum absolute atomic E-state index is 0.204. The van der Waals surface area contributed by atoms with Crippen LogP contribution >= 0.6 is 15.9 Å². The Labute approximate surface area is 102 Å². The zero-order valence-electron chi connectivity index (χ0n) is 8.91. The van der Waals surface area contributed by atoms with E-state index in [1.165, 1.54) is 13.2 Å². The number of hydrogen-bond donors (Lipinski definition) is 0. The van der Waals surface area contributed by atoms with Crippen molar-refractivity contribution >= 4 is 21.9 Å². The fraction of sp³-hybridized carbons (Fsp3) is 0.273. The first-order valence-electron chi connectivity index (χ1n) is 4.58. The summed E-state index contributed by atoms with van der Waals surface area (Å²) in [6.07, 6.45) is 0. The average molecular weight is 284 g/mol. The van der Waals surface area contributed by atoms with Gasteiger partial charge in [-0.15, -0.1) is 0 Å². The third-order valence-electron chi connectivity index (χ3n) is 1.91. The lowest BCUT2D eigenvalue weighted by Gasteiger charge is -2.08. The summed E-state index contributed by atoms with van der Waals surface area (Å²) in [6.45, 7) is 1.97. The zero-order chi connectivity index (χ0) is 12.1. The van der Waals surface area contributed by atoms with Crippen molar-refractivity contribution in [2.24, 2.45) is 0 Å². The van der Waals surface area contributed by atoms with Crippen LogP contribution in [0.5, 0.6) is 5.75 Å². The van der Waals surface area contributed by atoms with Gasteiger partial charge in [0, 0.05) is 4.47 Å². The molecule has 0 heterocycles. The van der Waals surface area contributed by atoms with Crippen LogP contribution in [0.2, 0.25) is 0 Å². The van der Waals surface area contributed by atoms with E-state index in [4.69, 9.17) is 14.7 Å². The Balaban J connectivity index is 3.29. The van der Waals surface area contributed by atoms with Crippen molar-refractivity contribution in [2.75, 3.05) is 13.7 Å². The first-order valence-corrected chi connectivity index (χ1v) is 5.38. The molecule has 0 aliphatic heterocycles. The van der Waals surface area contributed by atoms with Crippen LogP contribution in [0.1, 0.15) is 22.8 Å². The van der Waals surface area contributed by atoms with E-state index in [0.717, 1.165) is 0 Å². The molecule has 0 radical (unpaired) electrons. The summed E-state index contributed by atoms with van der Waals surface area (Å²) >= 11 is 3.21. The van der Waals surface area contributed by atoms with E-state index in [9.17, 15) is 4.79 Å². The summed E-state index contributed by atoms with van der Waals surface area (Å²) in [6, 6.07) is 5.06.